The summed E-state index contributed by atoms with van der Waals surface area (Å²) in [4.78, 5) is 20.6. The van der Waals surface area contributed by atoms with Gasteiger partial charge in [0.2, 0.25) is 0 Å². The number of aryl methyl sites for hydroxylation is 1. The molecule has 1 amide bonds. The Morgan fingerprint density at radius 1 is 1.19 bits per heavy atom. The molecule has 0 atom stereocenters. The predicted octanol–water partition coefficient (Wildman–Crippen LogP) is 3.33. The largest absolute Gasteiger partial charge is 0.479 e. The summed E-state index contributed by atoms with van der Waals surface area (Å²) in [5.41, 5.74) is 2.33. The van der Waals surface area contributed by atoms with Gasteiger partial charge >= 0.3 is 0 Å². The number of rotatable bonds is 5. The van der Waals surface area contributed by atoms with Crippen LogP contribution in [0.1, 0.15) is 16.2 Å². The lowest BCUT2D eigenvalue weighted by molar-refractivity contribution is 0.0954. The van der Waals surface area contributed by atoms with Crippen LogP contribution >= 0.6 is 11.3 Å². The van der Waals surface area contributed by atoms with Crippen LogP contribution in [0.4, 0.5) is 0 Å². The minimum absolute atomic E-state index is 0.235. The standard InChI is InChI=1S/C20H17N3O2S/c1-15-9-10-17(13-22-15)25-12-6-5-11-21-19(24)18-14-26-20(23-18)16-7-3-2-4-8-16/h2-4,7-10,13-14H,11-12H2,1H3,(H,21,24). The van der Waals surface area contributed by atoms with Crippen molar-refractivity contribution in [2.45, 2.75) is 6.92 Å². The number of hydrogen-bond acceptors (Lipinski definition) is 5. The number of carbonyl (C=O) groups is 1. The van der Waals surface area contributed by atoms with Crippen molar-refractivity contribution in [3.63, 3.8) is 0 Å². The zero-order valence-electron chi connectivity index (χ0n) is 14.2. The van der Waals surface area contributed by atoms with Crippen LogP contribution < -0.4 is 10.1 Å². The van der Waals surface area contributed by atoms with Gasteiger partial charge in [0, 0.05) is 16.6 Å². The van der Waals surface area contributed by atoms with Gasteiger partial charge in [-0.3, -0.25) is 9.78 Å². The molecule has 2 heterocycles. The summed E-state index contributed by atoms with van der Waals surface area (Å²) in [5, 5.41) is 5.30. The fraction of sp³-hybridized carbons (Fsp3) is 0.150. The average molecular weight is 363 g/mol. The highest BCUT2D eigenvalue weighted by molar-refractivity contribution is 7.13. The van der Waals surface area contributed by atoms with Gasteiger partial charge in [-0.05, 0) is 19.1 Å². The number of benzene rings is 1. The molecule has 3 aromatic rings. The van der Waals surface area contributed by atoms with Gasteiger partial charge < -0.3 is 10.1 Å². The van der Waals surface area contributed by atoms with Gasteiger partial charge in [-0.2, -0.15) is 0 Å². The summed E-state index contributed by atoms with van der Waals surface area (Å²) in [6.07, 6.45) is 1.66. The van der Waals surface area contributed by atoms with Gasteiger partial charge in [-0.25, -0.2) is 4.98 Å². The van der Waals surface area contributed by atoms with Crippen molar-refractivity contribution in [1.29, 1.82) is 0 Å². The molecule has 26 heavy (non-hydrogen) atoms. The van der Waals surface area contributed by atoms with Crippen LogP contribution in [0.3, 0.4) is 0 Å². The number of ether oxygens (including phenoxy) is 1. The molecular formula is C20H17N3O2S. The van der Waals surface area contributed by atoms with Crippen LogP contribution in [0.25, 0.3) is 10.6 Å². The Balaban J connectivity index is 1.45. The lowest BCUT2D eigenvalue weighted by Crippen LogP contribution is -2.23. The zero-order valence-corrected chi connectivity index (χ0v) is 15.0. The molecule has 0 fully saturated rings. The van der Waals surface area contributed by atoms with Crippen LogP contribution in [-0.2, 0) is 0 Å². The van der Waals surface area contributed by atoms with Gasteiger partial charge in [0.25, 0.3) is 5.91 Å². The molecule has 0 spiro atoms. The lowest BCUT2D eigenvalue weighted by Gasteiger charge is -2.01. The monoisotopic (exact) mass is 363 g/mol. The summed E-state index contributed by atoms with van der Waals surface area (Å²) < 4.78 is 5.45. The highest BCUT2D eigenvalue weighted by Crippen LogP contribution is 2.23. The zero-order chi connectivity index (χ0) is 18.2. The predicted molar refractivity (Wildman–Crippen MR) is 102 cm³/mol. The first kappa shape index (κ1) is 17.6. The van der Waals surface area contributed by atoms with E-state index >= 15 is 0 Å². The number of pyridine rings is 1. The first-order valence-corrected chi connectivity index (χ1v) is 8.90. The minimum atomic E-state index is -0.235. The van der Waals surface area contributed by atoms with Gasteiger partial charge in [0.05, 0.1) is 12.7 Å². The molecule has 0 aliphatic carbocycles. The fourth-order valence-electron chi connectivity index (χ4n) is 2.08. The summed E-state index contributed by atoms with van der Waals surface area (Å²) in [7, 11) is 0. The first-order chi connectivity index (χ1) is 12.7. The minimum Gasteiger partial charge on any atom is -0.479 e. The van der Waals surface area contributed by atoms with Crippen LogP contribution in [-0.4, -0.2) is 29.0 Å². The molecule has 0 unspecified atom stereocenters. The number of nitrogens with zero attached hydrogens (tertiary/aromatic N) is 2. The van der Waals surface area contributed by atoms with E-state index < -0.39 is 0 Å². The van der Waals surface area contributed by atoms with Crippen molar-refractivity contribution in [1.82, 2.24) is 15.3 Å². The van der Waals surface area contributed by atoms with E-state index in [9.17, 15) is 4.79 Å². The number of nitrogens with one attached hydrogen (secondary N) is 1. The highest BCUT2D eigenvalue weighted by Gasteiger charge is 2.10. The second-order valence-electron chi connectivity index (χ2n) is 5.36. The number of hydrogen-bond donors (Lipinski definition) is 1. The van der Waals surface area contributed by atoms with E-state index in [2.05, 4.69) is 27.1 Å². The maximum atomic E-state index is 12.1. The van der Waals surface area contributed by atoms with E-state index in [4.69, 9.17) is 4.74 Å². The molecule has 2 aromatic heterocycles. The lowest BCUT2D eigenvalue weighted by atomic mass is 10.2. The highest BCUT2D eigenvalue weighted by atomic mass is 32.1. The molecule has 5 nitrogen and oxygen atoms in total. The third-order valence-corrected chi connectivity index (χ3v) is 4.31. The van der Waals surface area contributed by atoms with Gasteiger partial charge in [-0.15, -0.1) is 11.3 Å². The fourth-order valence-corrected chi connectivity index (χ4v) is 2.89. The number of aromatic nitrogens is 2. The maximum Gasteiger partial charge on any atom is 0.271 e. The molecule has 1 aromatic carbocycles. The SMILES string of the molecule is Cc1ccc(OCC#CCNC(=O)c2csc(-c3ccccc3)n2)cn1. The molecule has 0 saturated heterocycles. The van der Waals surface area contributed by atoms with Gasteiger partial charge in [0.15, 0.2) is 0 Å². The van der Waals surface area contributed by atoms with E-state index in [0.717, 1.165) is 16.3 Å². The van der Waals surface area contributed by atoms with Crippen molar-refractivity contribution in [2.24, 2.45) is 0 Å². The van der Waals surface area contributed by atoms with Crippen LogP contribution in [0.15, 0.2) is 54.0 Å². The molecular weight excluding hydrogens is 346 g/mol. The summed E-state index contributed by atoms with van der Waals surface area (Å²) in [5.74, 6) is 6.14. The first-order valence-electron chi connectivity index (χ1n) is 8.03. The van der Waals surface area contributed by atoms with E-state index in [1.807, 2.05) is 49.4 Å². The second-order valence-corrected chi connectivity index (χ2v) is 6.22. The molecule has 130 valence electrons. The Kier molecular flexibility index (Phi) is 5.96. The number of amides is 1. The molecule has 0 radical (unpaired) electrons. The third kappa shape index (κ3) is 4.91. The molecule has 0 bridgehead atoms. The van der Waals surface area contributed by atoms with Gasteiger partial charge in [0.1, 0.15) is 23.1 Å². The molecule has 0 aliphatic rings. The topological polar surface area (TPSA) is 64.1 Å². The Labute approximate surface area is 156 Å². The summed E-state index contributed by atoms with van der Waals surface area (Å²) in [6.45, 7) is 2.40. The van der Waals surface area contributed by atoms with Crippen LogP contribution in [0.5, 0.6) is 5.75 Å². The van der Waals surface area contributed by atoms with Crippen LogP contribution in [0.2, 0.25) is 0 Å². The van der Waals surface area contributed by atoms with E-state index in [-0.39, 0.29) is 19.1 Å². The maximum absolute atomic E-state index is 12.1. The normalized spacial score (nSPS) is 9.88. The van der Waals surface area contributed by atoms with E-state index in [1.165, 1.54) is 11.3 Å². The van der Waals surface area contributed by atoms with Crippen LogP contribution in [0, 0.1) is 18.8 Å². The van der Waals surface area contributed by atoms with Crippen molar-refractivity contribution < 1.29 is 9.53 Å². The second kappa shape index (κ2) is 8.79. The Morgan fingerprint density at radius 3 is 2.81 bits per heavy atom. The molecule has 3 rings (SSSR count). The molecule has 1 N–H and O–H groups in total. The Morgan fingerprint density at radius 2 is 2.04 bits per heavy atom. The smallest absolute Gasteiger partial charge is 0.271 e. The Hall–Kier alpha value is -3.17. The third-order valence-electron chi connectivity index (χ3n) is 3.42. The summed E-state index contributed by atoms with van der Waals surface area (Å²) in [6, 6.07) is 13.5. The van der Waals surface area contributed by atoms with Crippen molar-refractivity contribution in [3.05, 3.63) is 65.4 Å². The molecule has 0 aliphatic heterocycles. The Bertz CT molecular complexity index is 925. The van der Waals surface area contributed by atoms with E-state index in [0.29, 0.717) is 11.4 Å². The molecule has 6 heteroatoms. The van der Waals surface area contributed by atoms with Crippen molar-refractivity contribution in [2.75, 3.05) is 13.2 Å². The van der Waals surface area contributed by atoms with E-state index in [1.54, 1.807) is 11.6 Å². The molecule has 0 saturated carbocycles. The average Bonchev–Trinajstić information content (AvgIpc) is 3.17. The van der Waals surface area contributed by atoms with Crippen molar-refractivity contribution in [3.8, 4) is 28.2 Å². The van der Waals surface area contributed by atoms with Crippen molar-refractivity contribution >= 4 is 17.2 Å². The quantitative estimate of drug-likeness (QED) is 0.706. The number of carbonyl (C=O) groups excluding carboxylic acids is 1. The van der Waals surface area contributed by atoms with Gasteiger partial charge in [-0.1, -0.05) is 42.2 Å². The summed E-state index contributed by atoms with van der Waals surface area (Å²) >= 11 is 1.44. The number of thiazole rings is 1.